The van der Waals surface area contributed by atoms with E-state index < -0.39 is 20.6 Å². The first-order valence-electron chi connectivity index (χ1n) is 11.6. The van der Waals surface area contributed by atoms with E-state index in [4.69, 9.17) is 0 Å². The quantitative estimate of drug-likeness (QED) is 0.564. The summed E-state index contributed by atoms with van der Waals surface area (Å²) >= 11 is 0. The van der Waals surface area contributed by atoms with E-state index in [0.717, 1.165) is 5.44 Å². The molecule has 3 rings (SSSR count). The number of rotatable bonds is 6. The molecular formula is C24H34F2N5O3P. The lowest BCUT2D eigenvalue weighted by Crippen LogP contribution is -2.51. The molecule has 1 fully saturated rings. The lowest BCUT2D eigenvalue weighted by molar-refractivity contribution is -0.129. The van der Waals surface area contributed by atoms with Crippen LogP contribution in [0.1, 0.15) is 39.3 Å². The van der Waals surface area contributed by atoms with Crippen molar-refractivity contribution >= 4 is 36.7 Å². The smallest absolute Gasteiger partial charge is 0.388 e. The van der Waals surface area contributed by atoms with Gasteiger partial charge in [-0.05, 0) is 57.4 Å². The highest BCUT2D eigenvalue weighted by molar-refractivity contribution is 7.64. The average Bonchev–Trinajstić information content (AvgIpc) is 2.82. The van der Waals surface area contributed by atoms with Gasteiger partial charge in [0, 0.05) is 37.9 Å². The van der Waals surface area contributed by atoms with Crippen molar-refractivity contribution in [1.29, 1.82) is 0 Å². The Kier molecular flexibility index (Phi) is 10.8. The zero-order valence-electron chi connectivity index (χ0n) is 21.1. The van der Waals surface area contributed by atoms with Crippen LogP contribution in [0, 0.1) is 6.92 Å². The number of amides is 3. The molecule has 8 nitrogen and oxygen atoms in total. The average molecular weight is 510 g/mol. The summed E-state index contributed by atoms with van der Waals surface area (Å²) in [7, 11) is -0.629. The predicted molar refractivity (Wildman–Crippen MR) is 136 cm³/mol. The number of ether oxygens (including phenoxy) is 1. The van der Waals surface area contributed by atoms with Gasteiger partial charge >= 0.3 is 12.6 Å². The second-order valence-corrected chi connectivity index (χ2v) is 10.2. The van der Waals surface area contributed by atoms with Gasteiger partial charge in [-0.1, -0.05) is 21.8 Å². The topological polar surface area (TPSA) is 87.7 Å². The Morgan fingerprint density at radius 3 is 2.43 bits per heavy atom. The third-order valence-corrected chi connectivity index (χ3v) is 6.58. The number of carbonyl (C=O) groups excluding carboxylic acids is 2. The molecule has 0 aliphatic carbocycles. The Morgan fingerprint density at radius 2 is 1.86 bits per heavy atom. The van der Waals surface area contributed by atoms with E-state index in [2.05, 4.69) is 20.0 Å². The molecule has 1 saturated heterocycles. The SMILES string of the molecule is CC.CC(=O)N1CCC(N(C(=O)Nc2ccc(C)nc2OC(F)F)c2cccnc2P(C)C)CC1. The predicted octanol–water partition coefficient (Wildman–Crippen LogP) is 4.83. The molecule has 2 aromatic rings. The van der Waals surface area contributed by atoms with Gasteiger partial charge in [0.15, 0.2) is 0 Å². The zero-order valence-corrected chi connectivity index (χ0v) is 22.0. The van der Waals surface area contributed by atoms with Crippen LogP contribution >= 0.6 is 7.92 Å². The van der Waals surface area contributed by atoms with E-state index in [1.807, 2.05) is 33.2 Å². The number of urea groups is 1. The second kappa shape index (κ2) is 13.3. The second-order valence-electron chi connectivity index (χ2n) is 7.96. The van der Waals surface area contributed by atoms with E-state index in [-0.39, 0.29) is 23.5 Å². The standard InChI is InChI=1S/C22H28F2N5O3P.C2H6/c1-14-7-8-17(19(26-14)32-21(23)24)27-22(31)29(16-9-12-28(13-10-16)15(2)30)18-6-5-11-25-20(18)33(3)4;1-2/h5-8,11,16,21H,9-10,12-13H2,1-4H3,(H,27,31);1-2H3. The minimum absolute atomic E-state index is 0.00308. The molecule has 0 saturated carbocycles. The van der Waals surface area contributed by atoms with Crippen LogP contribution in [0.3, 0.4) is 0 Å². The van der Waals surface area contributed by atoms with Crippen molar-refractivity contribution in [2.45, 2.75) is 53.2 Å². The fourth-order valence-corrected chi connectivity index (χ4v) is 4.75. The Bertz CT molecular complexity index is 1000. The Morgan fingerprint density at radius 1 is 1.20 bits per heavy atom. The first-order chi connectivity index (χ1) is 16.7. The summed E-state index contributed by atoms with van der Waals surface area (Å²) in [5.74, 6) is -0.346. The van der Waals surface area contributed by atoms with Crippen molar-refractivity contribution in [2.75, 3.05) is 36.6 Å². The van der Waals surface area contributed by atoms with E-state index >= 15 is 0 Å². The molecule has 0 spiro atoms. The number of likely N-dealkylation sites (tertiary alicyclic amines) is 1. The van der Waals surface area contributed by atoms with E-state index in [0.29, 0.717) is 37.3 Å². The molecule has 0 radical (unpaired) electrons. The highest BCUT2D eigenvalue weighted by Crippen LogP contribution is 2.32. The number of anilines is 2. The number of aryl methyl sites for hydroxylation is 1. The first-order valence-corrected chi connectivity index (χ1v) is 13.8. The highest BCUT2D eigenvalue weighted by Gasteiger charge is 2.32. The van der Waals surface area contributed by atoms with Crippen LogP contribution in [-0.4, -0.2) is 65.9 Å². The summed E-state index contributed by atoms with van der Waals surface area (Å²) in [5, 5.41) is 2.70. The summed E-state index contributed by atoms with van der Waals surface area (Å²) in [5.41, 5.74) is 2.01. The minimum Gasteiger partial charge on any atom is -0.415 e. The molecule has 35 heavy (non-hydrogen) atoms. The molecule has 1 aliphatic heterocycles. The molecular weight excluding hydrogens is 475 g/mol. The van der Waals surface area contributed by atoms with Gasteiger partial charge in [-0.15, -0.1) is 0 Å². The third kappa shape index (κ3) is 7.56. The van der Waals surface area contributed by atoms with Crippen LogP contribution in [0.25, 0.3) is 0 Å². The molecule has 1 N–H and O–H groups in total. The van der Waals surface area contributed by atoms with Crippen LogP contribution in [0.15, 0.2) is 30.5 Å². The van der Waals surface area contributed by atoms with Crippen LogP contribution in [0.5, 0.6) is 5.88 Å². The fourth-order valence-electron chi connectivity index (χ4n) is 3.81. The molecule has 0 unspecified atom stereocenters. The van der Waals surface area contributed by atoms with Crippen molar-refractivity contribution in [2.24, 2.45) is 0 Å². The van der Waals surface area contributed by atoms with Gasteiger partial charge in [0.1, 0.15) is 5.69 Å². The van der Waals surface area contributed by atoms with Gasteiger partial charge in [-0.3, -0.25) is 14.7 Å². The molecule has 1 aliphatic rings. The maximum absolute atomic E-state index is 13.6. The summed E-state index contributed by atoms with van der Waals surface area (Å²) < 4.78 is 30.3. The molecule has 192 valence electrons. The van der Waals surface area contributed by atoms with Crippen LogP contribution in [0.4, 0.5) is 25.0 Å². The van der Waals surface area contributed by atoms with Gasteiger partial charge in [-0.25, -0.2) is 9.78 Å². The first kappa shape index (κ1) is 28.4. The van der Waals surface area contributed by atoms with Crippen molar-refractivity contribution in [1.82, 2.24) is 14.9 Å². The molecule has 0 atom stereocenters. The van der Waals surface area contributed by atoms with Crippen LogP contribution in [0.2, 0.25) is 0 Å². The monoisotopic (exact) mass is 509 g/mol. The molecule has 0 aromatic carbocycles. The third-order valence-electron chi connectivity index (χ3n) is 5.38. The maximum Gasteiger partial charge on any atom is 0.388 e. The van der Waals surface area contributed by atoms with E-state index in [1.165, 1.54) is 13.0 Å². The van der Waals surface area contributed by atoms with Crippen molar-refractivity contribution in [3.8, 4) is 5.88 Å². The Labute approximate surface area is 206 Å². The number of piperidine rings is 1. The number of pyridine rings is 2. The number of aromatic nitrogens is 2. The van der Waals surface area contributed by atoms with Gasteiger partial charge < -0.3 is 15.0 Å². The van der Waals surface area contributed by atoms with Gasteiger partial charge in [-0.2, -0.15) is 8.78 Å². The summed E-state index contributed by atoms with van der Waals surface area (Å²) in [6, 6.07) is 6.01. The number of hydrogen-bond acceptors (Lipinski definition) is 5. The van der Waals surface area contributed by atoms with Crippen LogP contribution in [-0.2, 0) is 4.79 Å². The molecule has 3 heterocycles. The van der Waals surface area contributed by atoms with E-state index in [1.54, 1.807) is 35.1 Å². The van der Waals surface area contributed by atoms with Crippen LogP contribution < -0.4 is 20.4 Å². The van der Waals surface area contributed by atoms with Crippen molar-refractivity contribution < 1.29 is 23.1 Å². The van der Waals surface area contributed by atoms with Crippen molar-refractivity contribution in [3.05, 3.63) is 36.2 Å². The number of halogens is 2. The molecule has 3 amide bonds. The van der Waals surface area contributed by atoms with E-state index in [9.17, 15) is 18.4 Å². The maximum atomic E-state index is 13.6. The van der Waals surface area contributed by atoms with Crippen molar-refractivity contribution in [3.63, 3.8) is 0 Å². The normalized spacial score (nSPS) is 13.8. The minimum atomic E-state index is -3.07. The lowest BCUT2D eigenvalue weighted by Gasteiger charge is -2.39. The fraction of sp³-hybridized carbons (Fsp3) is 0.500. The number of hydrogen-bond donors (Lipinski definition) is 1. The summed E-state index contributed by atoms with van der Waals surface area (Å²) in [4.78, 5) is 37.2. The van der Waals surface area contributed by atoms with Gasteiger partial charge in [0.2, 0.25) is 11.8 Å². The van der Waals surface area contributed by atoms with Gasteiger partial charge in [0.05, 0.1) is 11.1 Å². The summed E-state index contributed by atoms with van der Waals surface area (Å²) in [6.07, 6.45) is 2.85. The summed E-state index contributed by atoms with van der Waals surface area (Å²) in [6.45, 7) is 9.25. The lowest BCUT2D eigenvalue weighted by atomic mass is 10.0. The molecule has 0 bridgehead atoms. The van der Waals surface area contributed by atoms with Gasteiger partial charge in [0.25, 0.3) is 0 Å². The molecule has 2 aromatic heterocycles. The number of nitrogens with one attached hydrogen (secondary N) is 1. The Hall–Kier alpha value is -2.87. The molecule has 11 heteroatoms. The number of nitrogens with zero attached hydrogens (tertiary/aromatic N) is 4. The highest BCUT2D eigenvalue weighted by atomic mass is 31.1. The Balaban J connectivity index is 0.00000210. The number of alkyl halides is 2. The number of carbonyl (C=O) groups is 2. The largest absolute Gasteiger partial charge is 0.415 e. The zero-order chi connectivity index (χ0) is 26.1.